The predicted molar refractivity (Wildman–Crippen MR) is 79.1 cm³/mol. The Kier molecular flexibility index (Phi) is 5.08. The van der Waals surface area contributed by atoms with Crippen LogP contribution in [0.15, 0.2) is 18.2 Å². The Morgan fingerprint density at radius 2 is 1.95 bits per heavy atom. The highest BCUT2D eigenvalue weighted by Crippen LogP contribution is 2.25. The first-order chi connectivity index (χ1) is 9.08. The van der Waals surface area contributed by atoms with Gasteiger partial charge >= 0.3 is 0 Å². The lowest BCUT2D eigenvalue weighted by atomic mass is 10.1. The maximum atomic E-state index is 12.2. The van der Waals surface area contributed by atoms with E-state index < -0.39 is 0 Å². The zero-order chi connectivity index (χ0) is 13.8. The van der Waals surface area contributed by atoms with Crippen LogP contribution >= 0.6 is 23.2 Å². The van der Waals surface area contributed by atoms with Crippen LogP contribution in [0.3, 0.4) is 0 Å². The topological polar surface area (TPSA) is 33.5 Å². The van der Waals surface area contributed by atoms with Crippen LogP contribution in [0.25, 0.3) is 0 Å². The van der Waals surface area contributed by atoms with Crippen LogP contribution in [0.2, 0.25) is 10.0 Å². The lowest BCUT2D eigenvalue weighted by Gasteiger charge is -2.28. The van der Waals surface area contributed by atoms with Gasteiger partial charge in [-0.15, -0.1) is 0 Å². The minimum Gasteiger partial charge on any atom is -0.325 e. The van der Waals surface area contributed by atoms with Crippen LogP contribution < -0.4 is 10.2 Å². The number of quaternary nitrogens is 1. The van der Waals surface area contributed by atoms with Crippen LogP contribution in [0.4, 0.5) is 5.69 Å². The Bertz CT molecular complexity index is 459. The van der Waals surface area contributed by atoms with Gasteiger partial charge in [0.05, 0.1) is 23.8 Å². The molecule has 3 nitrogen and oxygen atoms in total. The lowest BCUT2D eigenvalue weighted by molar-refractivity contribution is -0.918. The zero-order valence-electron chi connectivity index (χ0n) is 11.0. The molecule has 0 radical (unpaired) electrons. The number of piperidine rings is 1. The van der Waals surface area contributed by atoms with Gasteiger partial charge in [-0.2, -0.15) is 0 Å². The maximum absolute atomic E-state index is 12.2. The Hall–Kier alpha value is -0.770. The molecule has 19 heavy (non-hydrogen) atoms. The highest BCUT2D eigenvalue weighted by Gasteiger charge is 2.26. The third-order valence-corrected chi connectivity index (χ3v) is 4.24. The molecule has 1 fully saturated rings. The number of amides is 1. The molecule has 1 aliphatic rings. The van der Waals surface area contributed by atoms with Crippen molar-refractivity contribution in [2.75, 3.05) is 18.4 Å². The second-order valence-electron chi connectivity index (χ2n) is 5.05. The van der Waals surface area contributed by atoms with E-state index in [4.69, 9.17) is 23.2 Å². The van der Waals surface area contributed by atoms with Gasteiger partial charge in [-0.25, -0.2) is 0 Å². The zero-order valence-corrected chi connectivity index (χ0v) is 12.5. The van der Waals surface area contributed by atoms with Gasteiger partial charge in [0.15, 0.2) is 6.04 Å². The molecule has 0 saturated carbocycles. The van der Waals surface area contributed by atoms with E-state index in [1.165, 1.54) is 24.2 Å². The van der Waals surface area contributed by atoms with Gasteiger partial charge < -0.3 is 10.2 Å². The number of carbonyl (C=O) groups is 1. The summed E-state index contributed by atoms with van der Waals surface area (Å²) >= 11 is 11.9. The van der Waals surface area contributed by atoms with Crippen LogP contribution in [-0.2, 0) is 4.79 Å². The lowest BCUT2D eigenvalue weighted by Crippen LogP contribution is -3.17. The van der Waals surface area contributed by atoms with E-state index in [0.717, 1.165) is 13.1 Å². The number of hydrogen-bond acceptors (Lipinski definition) is 1. The number of likely N-dealkylation sites (tertiary alicyclic amines) is 1. The fourth-order valence-electron chi connectivity index (χ4n) is 2.46. The molecule has 0 aromatic heterocycles. The van der Waals surface area contributed by atoms with E-state index in [1.807, 2.05) is 6.92 Å². The van der Waals surface area contributed by atoms with Crippen molar-refractivity contribution >= 4 is 34.8 Å². The number of hydrogen-bond donors (Lipinski definition) is 2. The van der Waals surface area contributed by atoms with E-state index in [-0.39, 0.29) is 11.9 Å². The van der Waals surface area contributed by atoms with Gasteiger partial charge in [0.1, 0.15) is 0 Å². The predicted octanol–water partition coefficient (Wildman–Crippen LogP) is 2.39. The van der Waals surface area contributed by atoms with Crippen molar-refractivity contribution in [3.8, 4) is 0 Å². The molecule has 5 heteroatoms. The summed E-state index contributed by atoms with van der Waals surface area (Å²) < 4.78 is 0. The van der Waals surface area contributed by atoms with Gasteiger partial charge in [0.25, 0.3) is 5.91 Å². The second-order valence-corrected chi connectivity index (χ2v) is 5.90. The average molecular weight is 302 g/mol. The molecular weight excluding hydrogens is 283 g/mol. The Morgan fingerprint density at radius 1 is 1.26 bits per heavy atom. The summed E-state index contributed by atoms with van der Waals surface area (Å²) in [6.07, 6.45) is 3.68. The third-order valence-electron chi connectivity index (χ3n) is 3.69. The first-order valence-corrected chi connectivity index (χ1v) is 7.44. The molecule has 1 aliphatic heterocycles. The van der Waals surface area contributed by atoms with Gasteiger partial charge in [0.2, 0.25) is 0 Å². The third kappa shape index (κ3) is 3.85. The summed E-state index contributed by atoms with van der Waals surface area (Å²) in [5.74, 6) is 0.0149. The number of carbonyl (C=O) groups excluding carboxylic acids is 1. The van der Waals surface area contributed by atoms with Crippen LogP contribution in [0.5, 0.6) is 0 Å². The molecule has 1 heterocycles. The smallest absolute Gasteiger partial charge is 0.282 e. The second kappa shape index (κ2) is 6.60. The summed E-state index contributed by atoms with van der Waals surface area (Å²) in [6.45, 7) is 4.12. The summed E-state index contributed by atoms with van der Waals surface area (Å²) in [7, 11) is 0. The van der Waals surface area contributed by atoms with E-state index >= 15 is 0 Å². The van der Waals surface area contributed by atoms with Crippen molar-refractivity contribution in [2.24, 2.45) is 0 Å². The first kappa shape index (κ1) is 14.6. The molecular formula is C14H19Cl2N2O+. The summed E-state index contributed by atoms with van der Waals surface area (Å²) in [5, 5.41) is 3.93. The Morgan fingerprint density at radius 3 is 2.58 bits per heavy atom. The van der Waals surface area contributed by atoms with Crippen molar-refractivity contribution in [3.63, 3.8) is 0 Å². The molecule has 1 aromatic carbocycles. The van der Waals surface area contributed by atoms with Crippen molar-refractivity contribution in [2.45, 2.75) is 32.2 Å². The van der Waals surface area contributed by atoms with E-state index in [1.54, 1.807) is 18.2 Å². The Balaban J connectivity index is 1.99. The maximum Gasteiger partial charge on any atom is 0.282 e. The number of benzene rings is 1. The van der Waals surface area contributed by atoms with Crippen LogP contribution in [0.1, 0.15) is 26.2 Å². The van der Waals surface area contributed by atoms with Crippen molar-refractivity contribution in [1.82, 2.24) is 0 Å². The fourth-order valence-corrected chi connectivity index (χ4v) is 2.91. The molecule has 1 saturated heterocycles. The summed E-state index contributed by atoms with van der Waals surface area (Å²) in [5.41, 5.74) is 0.624. The van der Waals surface area contributed by atoms with E-state index in [9.17, 15) is 4.79 Å². The largest absolute Gasteiger partial charge is 0.325 e. The molecule has 2 N–H and O–H groups in total. The summed E-state index contributed by atoms with van der Waals surface area (Å²) in [6, 6.07) is 5.05. The molecule has 0 unspecified atom stereocenters. The van der Waals surface area contributed by atoms with Crippen molar-refractivity contribution < 1.29 is 9.69 Å². The highest BCUT2D eigenvalue weighted by molar-refractivity contribution is 6.36. The van der Waals surface area contributed by atoms with Gasteiger partial charge in [-0.05, 0) is 44.4 Å². The Labute approximate surface area is 123 Å². The fraction of sp³-hybridized carbons (Fsp3) is 0.500. The quantitative estimate of drug-likeness (QED) is 0.883. The molecule has 0 bridgehead atoms. The standard InChI is InChI=1S/C14H18Cl2N2O/c1-10(18-7-3-2-4-8-18)14(19)17-13-6-5-11(15)9-12(13)16/h5-6,9-10H,2-4,7-8H2,1H3,(H,17,19)/p+1/t10-/m0/s1. The number of rotatable bonds is 3. The normalized spacial score (nSPS) is 18.1. The molecule has 1 amide bonds. The highest BCUT2D eigenvalue weighted by atomic mass is 35.5. The SMILES string of the molecule is C[C@@H](C(=O)Nc1ccc(Cl)cc1Cl)[NH+]1CCCCC1. The molecule has 0 aliphatic carbocycles. The van der Waals surface area contributed by atoms with Crippen molar-refractivity contribution in [1.29, 1.82) is 0 Å². The number of nitrogens with one attached hydrogen (secondary N) is 2. The molecule has 2 rings (SSSR count). The number of halogens is 2. The molecule has 1 atom stereocenters. The van der Waals surface area contributed by atoms with E-state index in [0.29, 0.717) is 15.7 Å². The molecule has 104 valence electrons. The van der Waals surface area contributed by atoms with Gasteiger partial charge in [-0.1, -0.05) is 23.2 Å². The van der Waals surface area contributed by atoms with Gasteiger partial charge in [-0.3, -0.25) is 4.79 Å². The molecule has 1 aromatic rings. The van der Waals surface area contributed by atoms with Crippen LogP contribution in [-0.4, -0.2) is 25.0 Å². The molecule has 0 spiro atoms. The van der Waals surface area contributed by atoms with Gasteiger partial charge in [0, 0.05) is 5.02 Å². The first-order valence-electron chi connectivity index (χ1n) is 6.68. The minimum atomic E-state index is -0.0490. The van der Waals surface area contributed by atoms with Crippen LogP contribution in [0, 0.1) is 0 Å². The monoisotopic (exact) mass is 301 g/mol. The summed E-state index contributed by atoms with van der Waals surface area (Å²) in [4.78, 5) is 13.6. The van der Waals surface area contributed by atoms with Crippen molar-refractivity contribution in [3.05, 3.63) is 28.2 Å². The number of anilines is 1. The minimum absolute atomic E-state index is 0.0149. The van der Waals surface area contributed by atoms with E-state index in [2.05, 4.69) is 5.32 Å². The average Bonchev–Trinajstić information content (AvgIpc) is 2.42.